The first kappa shape index (κ1) is 19.0. The van der Waals surface area contributed by atoms with E-state index in [1.54, 1.807) is 6.92 Å². The second kappa shape index (κ2) is 9.18. The summed E-state index contributed by atoms with van der Waals surface area (Å²) in [6.45, 7) is 10.5. The Morgan fingerprint density at radius 3 is 2.52 bits per heavy atom. The third kappa shape index (κ3) is 6.72. The molecule has 2 N–H and O–H groups in total. The van der Waals surface area contributed by atoms with E-state index in [9.17, 15) is 9.59 Å². The van der Waals surface area contributed by atoms with Crippen molar-refractivity contribution in [1.82, 2.24) is 10.6 Å². The molecule has 5 nitrogen and oxygen atoms in total. The van der Waals surface area contributed by atoms with Crippen LogP contribution in [0.1, 0.15) is 48.7 Å². The highest BCUT2D eigenvalue weighted by Gasteiger charge is 2.17. The van der Waals surface area contributed by atoms with Crippen LogP contribution < -0.4 is 10.6 Å². The normalized spacial score (nSPS) is 11.9. The van der Waals surface area contributed by atoms with Crippen LogP contribution in [0.3, 0.4) is 0 Å². The second-order valence-electron chi connectivity index (χ2n) is 6.22. The van der Waals surface area contributed by atoms with Crippen molar-refractivity contribution in [2.24, 2.45) is 5.92 Å². The van der Waals surface area contributed by atoms with Crippen molar-refractivity contribution in [3.63, 3.8) is 0 Å². The molecule has 0 heterocycles. The first-order chi connectivity index (χ1) is 10.8. The van der Waals surface area contributed by atoms with Crippen molar-refractivity contribution in [3.8, 4) is 0 Å². The summed E-state index contributed by atoms with van der Waals surface area (Å²) in [5, 5.41) is 5.72. The molecule has 1 rings (SSSR count). The van der Waals surface area contributed by atoms with Crippen LogP contribution in [0, 0.1) is 19.8 Å². The number of nitrogens with one attached hydrogen (secondary N) is 2. The van der Waals surface area contributed by atoms with Crippen molar-refractivity contribution in [2.45, 2.75) is 47.1 Å². The number of ether oxygens (including phenoxy) is 1. The number of carbonyl (C=O) groups excluding carboxylic acids is 2. The van der Waals surface area contributed by atoms with Gasteiger partial charge in [-0.3, -0.25) is 4.79 Å². The van der Waals surface area contributed by atoms with Crippen LogP contribution >= 0.6 is 0 Å². The Labute approximate surface area is 138 Å². The number of rotatable bonds is 7. The Bertz CT molecular complexity index is 541. The third-order valence-electron chi connectivity index (χ3n) is 3.50. The van der Waals surface area contributed by atoms with Gasteiger partial charge in [0.15, 0.2) is 0 Å². The molecule has 0 aliphatic carbocycles. The molecule has 0 aromatic heterocycles. The number of aryl methyl sites for hydroxylation is 2. The Hall–Kier alpha value is -2.04. The van der Waals surface area contributed by atoms with Crippen LogP contribution in [0.2, 0.25) is 0 Å². The fraction of sp³-hybridized carbons (Fsp3) is 0.556. The van der Waals surface area contributed by atoms with Crippen molar-refractivity contribution < 1.29 is 14.3 Å². The minimum atomic E-state index is -0.445. The SMILES string of the molecule is CCOC(=O)N[C@@H](CNC(=O)c1cc(C)ccc1C)CC(C)C. The first-order valence-electron chi connectivity index (χ1n) is 8.12. The predicted octanol–water partition coefficient (Wildman–Crippen LogP) is 3.19. The lowest BCUT2D eigenvalue weighted by Gasteiger charge is -2.21. The Morgan fingerprint density at radius 1 is 1.22 bits per heavy atom. The molecule has 1 atom stereocenters. The summed E-state index contributed by atoms with van der Waals surface area (Å²) >= 11 is 0. The molecule has 5 heteroatoms. The summed E-state index contributed by atoms with van der Waals surface area (Å²) in [7, 11) is 0. The zero-order chi connectivity index (χ0) is 17.4. The fourth-order valence-corrected chi connectivity index (χ4v) is 2.39. The van der Waals surface area contributed by atoms with Gasteiger partial charge in [-0.2, -0.15) is 0 Å². The van der Waals surface area contributed by atoms with Gasteiger partial charge in [0.2, 0.25) is 0 Å². The Morgan fingerprint density at radius 2 is 1.91 bits per heavy atom. The molecule has 2 amide bonds. The maximum Gasteiger partial charge on any atom is 0.407 e. The molecule has 1 aromatic carbocycles. The van der Waals surface area contributed by atoms with Crippen molar-refractivity contribution in [1.29, 1.82) is 0 Å². The molecule has 1 aromatic rings. The van der Waals surface area contributed by atoms with E-state index >= 15 is 0 Å². The summed E-state index contributed by atoms with van der Waals surface area (Å²) in [6, 6.07) is 5.65. The van der Waals surface area contributed by atoms with Gasteiger partial charge in [-0.15, -0.1) is 0 Å². The molecule has 0 unspecified atom stereocenters. The largest absolute Gasteiger partial charge is 0.450 e. The molecular formula is C18H28N2O3. The van der Waals surface area contributed by atoms with Gasteiger partial charge in [0.1, 0.15) is 0 Å². The predicted molar refractivity (Wildman–Crippen MR) is 91.6 cm³/mol. The molecular weight excluding hydrogens is 292 g/mol. The highest BCUT2D eigenvalue weighted by Crippen LogP contribution is 2.11. The maximum atomic E-state index is 12.4. The van der Waals surface area contributed by atoms with Gasteiger partial charge in [-0.05, 0) is 44.7 Å². The number of alkyl carbamates (subject to hydrolysis) is 1. The average molecular weight is 320 g/mol. The molecule has 0 aliphatic rings. The number of amides is 2. The van der Waals surface area contributed by atoms with Gasteiger partial charge in [0.05, 0.1) is 6.61 Å². The highest BCUT2D eigenvalue weighted by atomic mass is 16.5. The fourth-order valence-electron chi connectivity index (χ4n) is 2.39. The van der Waals surface area contributed by atoms with Crippen LogP contribution in [-0.2, 0) is 4.74 Å². The van der Waals surface area contributed by atoms with E-state index in [0.29, 0.717) is 24.6 Å². The lowest BCUT2D eigenvalue weighted by molar-refractivity contribution is 0.0944. The monoisotopic (exact) mass is 320 g/mol. The van der Waals surface area contributed by atoms with Gasteiger partial charge in [0, 0.05) is 18.2 Å². The number of benzene rings is 1. The summed E-state index contributed by atoms with van der Waals surface area (Å²) < 4.78 is 4.92. The highest BCUT2D eigenvalue weighted by molar-refractivity contribution is 5.95. The van der Waals surface area contributed by atoms with E-state index in [4.69, 9.17) is 4.74 Å². The molecule has 128 valence electrons. The molecule has 0 fully saturated rings. The van der Waals surface area contributed by atoms with E-state index < -0.39 is 6.09 Å². The van der Waals surface area contributed by atoms with E-state index in [1.165, 1.54) is 0 Å². The second-order valence-corrected chi connectivity index (χ2v) is 6.22. The number of carbonyl (C=O) groups is 2. The van der Waals surface area contributed by atoms with Crippen molar-refractivity contribution >= 4 is 12.0 Å². The van der Waals surface area contributed by atoms with Gasteiger partial charge in [-0.25, -0.2) is 4.79 Å². The van der Waals surface area contributed by atoms with Crippen LogP contribution in [-0.4, -0.2) is 31.2 Å². The van der Waals surface area contributed by atoms with Gasteiger partial charge in [0.25, 0.3) is 5.91 Å². The first-order valence-corrected chi connectivity index (χ1v) is 8.12. The molecule has 0 bridgehead atoms. The quantitative estimate of drug-likeness (QED) is 0.811. The standard InChI is InChI=1S/C18H28N2O3/c1-6-23-18(22)20-15(9-12(2)3)11-19-17(21)16-10-13(4)7-8-14(16)5/h7-8,10,12,15H,6,9,11H2,1-5H3,(H,19,21)(H,20,22)/t15-/m1/s1. The lowest BCUT2D eigenvalue weighted by atomic mass is 10.0. The minimum Gasteiger partial charge on any atom is -0.450 e. The lowest BCUT2D eigenvalue weighted by Crippen LogP contribution is -2.44. The Balaban J connectivity index is 2.67. The van der Waals surface area contributed by atoms with Crippen molar-refractivity contribution in [2.75, 3.05) is 13.2 Å². The molecule has 0 saturated carbocycles. The summed E-state index contributed by atoms with van der Waals surface area (Å²) in [6.07, 6.45) is 0.324. The molecule has 0 aliphatic heterocycles. The maximum absolute atomic E-state index is 12.4. The number of hydrogen-bond acceptors (Lipinski definition) is 3. The summed E-state index contributed by atoms with van der Waals surface area (Å²) in [5.74, 6) is 0.283. The molecule has 0 saturated heterocycles. The average Bonchev–Trinajstić information content (AvgIpc) is 2.46. The van der Waals surface area contributed by atoms with Gasteiger partial charge in [-0.1, -0.05) is 31.5 Å². The topological polar surface area (TPSA) is 67.4 Å². The zero-order valence-corrected chi connectivity index (χ0v) is 14.7. The van der Waals surface area contributed by atoms with Crippen LogP contribution in [0.25, 0.3) is 0 Å². The van der Waals surface area contributed by atoms with Crippen LogP contribution in [0.4, 0.5) is 4.79 Å². The van der Waals surface area contributed by atoms with Crippen molar-refractivity contribution in [3.05, 3.63) is 34.9 Å². The minimum absolute atomic E-state index is 0.120. The third-order valence-corrected chi connectivity index (χ3v) is 3.50. The summed E-state index contributed by atoms with van der Waals surface area (Å²) in [5.41, 5.74) is 2.65. The van der Waals surface area contributed by atoms with E-state index in [-0.39, 0.29) is 11.9 Å². The van der Waals surface area contributed by atoms with E-state index in [1.807, 2.05) is 32.0 Å². The van der Waals surface area contributed by atoms with Crippen LogP contribution in [0.15, 0.2) is 18.2 Å². The molecule has 0 radical (unpaired) electrons. The molecule has 0 spiro atoms. The smallest absolute Gasteiger partial charge is 0.407 e. The molecule has 23 heavy (non-hydrogen) atoms. The van der Waals surface area contributed by atoms with Gasteiger partial charge >= 0.3 is 6.09 Å². The van der Waals surface area contributed by atoms with E-state index in [0.717, 1.165) is 17.5 Å². The van der Waals surface area contributed by atoms with Crippen LogP contribution in [0.5, 0.6) is 0 Å². The summed E-state index contributed by atoms with van der Waals surface area (Å²) in [4.78, 5) is 24.0. The van der Waals surface area contributed by atoms with Gasteiger partial charge < -0.3 is 15.4 Å². The Kier molecular flexibility index (Phi) is 7.59. The number of hydrogen-bond donors (Lipinski definition) is 2. The zero-order valence-electron chi connectivity index (χ0n) is 14.7. The van der Waals surface area contributed by atoms with E-state index in [2.05, 4.69) is 24.5 Å².